The highest BCUT2D eigenvalue weighted by Gasteiger charge is 2.39. The maximum atomic E-state index is 12.8. The van der Waals surface area contributed by atoms with E-state index in [2.05, 4.69) is 4.98 Å². The Balaban J connectivity index is 1.74. The number of pyridine rings is 1. The minimum absolute atomic E-state index is 0.0937. The van der Waals surface area contributed by atoms with Gasteiger partial charge < -0.3 is 24.2 Å². The molecule has 0 N–H and O–H groups in total. The third kappa shape index (κ3) is 3.77. The van der Waals surface area contributed by atoms with Crippen molar-refractivity contribution < 1.29 is 23.9 Å². The molecule has 26 heavy (non-hydrogen) atoms. The molecule has 0 radical (unpaired) electrons. The van der Waals surface area contributed by atoms with Gasteiger partial charge in [-0.05, 0) is 12.1 Å². The van der Waals surface area contributed by atoms with E-state index in [0.717, 1.165) is 0 Å². The number of piperazine rings is 1. The summed E-state index contributed by atoms with van der Waals surface area (Å²) >= 11 is 0. The minimum atomic E-state index is -0.829. The third-order valence-corrected chi connectivity index (χ3v) is 4.58. The summed E-state index contributed by atoms with van der Waals surface area (Å²) in [6, 6.07) is 2.30. The van der Waals surface area contributed by atoms with Gasteiger partial charge >= 0.3 is 12.0 Å². The molecule has 1 atom stereocenters. The summed E-state index contributed by atoms with van der Waals surface area (Å²) in [6.07, 6.45) is 3.08. The average Bonchev–Trinajstić information content (AvgIpc) is 2.73. The second kappa shape index (κ2) is 8.13. The number of nitrogens with zero attached hydrogens (tertiary/aromatic N) is 4. The molecule has 2 saturated heterocycles. The molecule has 9 nitrogen and oxygen atoms in total. The van der Waals surface area contributed by atoms with Gasteiger partial charge in [-0.25, -0.2) is 9.59 Å². The van der Waals surface area contributed by atoms with Gasteiger partial charge in [-0.2, -0.15) is 0 Å². The molecule has 3 amide bonds. The van der Waals surface area contributed by atoms with Gasteiger partial charge in [-0.1, -0.05) is 0 Å². The van der Waals surface area contributed by atoms with Crippen LogP contribution in [0.1, 0.15) is 10.4 Å². The van der Waals surface area contributed by atoms with Gasteiger partial charge in [0.1, 0.15) is 6.04 Å². The van der Waals surface area contributed by atoms with E-state index in [1.54, 1.807) is 28.1 Å². The van der Waals surface area contributed by atoms with Crippen LogP contribution >= 0.6 is 0 Å². The fraction of sp³-hybridized carbons (Fsp3) is 0.529. The maximum Gasteiger partial charge on any atom is 0.330 e. The molecule has 3 heterocycles. The molecule has 0 aliphatic carbocycles. The van der Waals surface area contributed by atoms with Gasteiger partial charge in [-0.15, -0.1) is 0 Å². The topological polar surface area (TPSA) is 92.3 Å². The van der Waals surface area contributed by atoms with Crippen LogP contribution in [0.15, 0.2) is 24.5 Å². The predicted molar refractivity (Wildman–Crippen MR) is 90.4 cm³/mol. The Morgan fingerprint density at radius 3 is 2.58 bits per heavy atom. The zero-order valence-electron chi connectivity index (χ0n) is 14.7. The smallest absolute Gasteiger partial charge is 0.330 e. The monoisotopic (exact) mass is 362 g/mol. The highest BCUT2D eigenvalue weighted by Crippen LogP contribution is 2.17. The lowest BCUT2D eigenvalue weighted by Crippen LogP contribution is -2.62. The number of rotatable bonds is 2. The van der Waals surface area contributed by atoms with Crippen molar-refractivity contribution in [3.05, 3.63) is 30.1 Å². The van der Waals surface area contributed by atoms with E-state index in [9.17, 15) is 14.4 Å². The van der Waals surface area contributed by atoms with E-state index in [0.29, 0.717) is 38.4 Å². The molecule has 9 heteroatoms. The van der Waals surface area contributed by atoms with Gasteiger partial charge in [0.25, 0.3) is 5.91 Å². The van der Waals surface area contributed by atoms with Crippen molar-refractivity contribution >= 4 is 17.9 Å². The van der Waals surface area contributed by atoms with Crippen LogP contribution in [0, 0.1) is 0 Å². The lowest BCUT2D eigenvalue weighted by Gasteiger charge is -2.42. The quantitative estimate of drug-likeness (QED) is 0.679. The Morgan fingerprint density at radius 2 is 1.92 bits per heavy atom. The normalized spacial score (nSPS) is 20.7. The Morgan fingerprint density at radius 1 is 1.15 bits per heavy atom. The van der Waals surface area contributed by atoms with Crippen molar-refractivity contribution in [3.63, 3.8) is 0 Å². The molecule has 3 rings (SSSR count). The molecule has 0 bridgehead atoms. The van der Waals surface area contributed by atoms with E-state index in [1.807, 2.05) is 0 Å². The van der Waals surface area contributed by atoms with Crippen molar-refractivity contribution in [1.82, 2.24) is 19.7 Å². The van der Waals surface area contributed by atoms with Crippen LogP contribution < -0.4 is 0 Å². The van der Waals surface area contributed by atoms with Crippen molar-refractivity contribution in [1.29, 1.82) is 0 Å². The summed E-state index contributed by atoms with van der Waals surface area (Å²) in [7, 11) is 1.28. The maximum absolute atomic E-state index is 12.8. The van der Waals surface area contributed by atoms with Crippen LogP contribution in [-0.4, -0.2) is 96.7 Å². The number of morpholine rings is 1. The summed E-state index contributed by atoms with van der Waals surface area (Å²) in [5.74, 6) is -0.749. The van der Waals surface area contributed by atoms with E-state index in [1.165, 1.54) is 18.2 Å². The largest absolute Gasteiger partial charge is 0.467 e. The number of esters is 1. The highest BCUT2D eigenvalue weighted by molar-refractivity contribution is 5.95. The molecule has 2 aliphatic heterocycles. The number of carbonyl (C=O) groups is 3. The van der Waals surface area contributed by atoms with Gasteiger partial charge in [-0.3, -0.25) is 9.78 Å². The lowest BCUT2D eigenvalue weighted by molar-refractivity contribution is -0.147. The number of hydrogen-bond donors (Lipinski definition) is 0. The first-order chi connectivity index (χ1) is 12.6. The molecule has 1 aromatic heterocycles. The van der Waals surface area contributed by atoms with Gasteiger partial charge in [0.05, 0.1) is 32.4 Å². The van der Waals surface area contributed by atoms with Crippen LogP contribution in [0.25, 0.3) is 0 Å². The Hall–Kier alpha value is -2.68. The molecule has 140 valence electrons. The summed E-state index contributed by atoms with van der Waals surface area (Å²) in [6.45, 7) is 2.64. The molecule has 0 saturated carbocycles. The summed E-state index contributed by atoms with van der Waals surface area (Å²) in [5.41, 5.74) is 0.448. The zero-order chi connectivity index (χ0) is 18.5. The number of carbonyl (C=O) groups excluding carboxylic acids is 3. The summed E-state index contributed by atoms with van der Waals surface area (Å²) < 4.78 is 10.1. The van der Waals surface area contributed by atoms with Gasteiger partial charge in [0, 0.05) is 38.6 Å². The van der Waals surface area contributed by atoms with Crippen molar-refractivity contribution in [2.75, 3.05) is 53.0 Å². The first-order valence-corrected chi connectivity index (χ1v) is 8.52. The van der Waals surface area contributed by atoms with Gasteiger partial charge in [0.15, 0.2) is 0 Å². The number of amides is 3. The standard InChI is InChI=1S/C17H22N4O5/c1-25-16(23)14-12-20(15(22)13-3-2-4-18-11-13)5-6-21(14)17(24)19-7-9-26-10-8-19/h2-4,11,14H,5-10,12H2,1H3/t14-/m0/s1. The average molecular weight is 362 g/mol. The molecular weight excluding hydrogens is 340 g/mol. The van der Waals surface area contributed by atoms with Gasteiger partial charge in [0.2, 0.25) is 0 Å². The van der Waals surface area contributed by atoms with Crippen LogP contribution in [0.2, 0.25) is 0 Å². The van der Waals surface area contributed by atoms with E-state index < -0.39 is 12.0 Å². The number of ether oxygens (including phenoxy) is 2. The Kier molecular flexibility index (Phi) is 5.67. The molecule has 0 aromatic carbocycles. The van der Waals surface area contributed by atoms with Crippen LogP contribution in [0.5, 0.6) is 0 Å². The highest BCUT2D eigenvalue weighted by atomic mass is 16.5. The fourth-order valence-electron chi connectivity index (χ4n) is 3.14. The number of urea groups is 1. The van der Waals surface area contributed by atoms with E-state index in [-0.39, 0.29) is 25.0 Å². The van der Waals surface area contributed by atoms with Crippen molar-refractivity contribution in [3.8, 4) is 0 Å². The first kappa shape index (κ1) is 18.1. The molecule has 1 aromatic rings. The summed E-state index contributed by atoms with van der Waals surface area (Å²) in [5, 5.41) is 0. The van der Waals surface area contributed by atoms with Crippen LogP contribution in [0.3, 0.4) is 0 Å². The molecule has 0 unspecified atom stereocenters. The van der Waals surface area contributed by atoms with Crippen molar-refractivity contribution in [2.45, 2.75) is 6.04 Å². The number of aromatic nitrogens is 1. The molecule has 2 aliphatic rings. The zero-order valence-corrected chi connectivity index (χ0v) is 14.7. The van der Waals surface area contributed by atoms with Crippen LogP contribution in [-0.2, 0) is 14.3 Å². The Bertz CT molecular complexity index is 662. The number of hydrogen-bond acceptors (Lipinski definition) is 6. The van der Waals surface area contributed by atoms with E-state index >= 15 is 0 Å². The van der Waals surface area contributed by atoms with Crippen molar-refractivity contribution in [2.24, 2.45) is 0 Å². The Labute approximate surface area is 151 Å². The van der Waals surface area contributed by atoms with Crippen LogP contribution in [0.4, 0.5) is 4.79 Å². The number of methoxy groups -OCH3 is 1. The fourth-order valence-corrected chi connectivity index (χ4v) is 3.14. The van der Waals surface area contributed by atoms with E-state index in [4.69, 9.17) is 9.47 Å². The predicted octanol–water partition coefficient (Wildman–Crippen LogP) is -0.167. The SMILES string of the molecule is COC(=O)[C@@H]1CN(C(=O)c2cccnc2)CCN1C(=O)N1CCOCC1. The molecular formula is C17H22N4O5. The second-order valence-electron chi connectivity index (χ2n) is 6.11. The molecule has 0 spiro atoms. The molecule has 2 fully saturated rings. The minimum Gasteiger partial charge on any atom is -0.467 e. The lowest BCUT2D eigenvalue weighted by atomic mass is 10.1. The third-order valence-electron chi connectivity index (χ3n) is 4.58. The summed E-state index contributed by atoms with van der Waals surface area (Å²) in [4.78, 5) is 46.4. The second-order valence-corrected chi connectivity index (χ2v) is 6.11. The first-order valence-electron chi connectivity index (χ1n) is 8.52.